The van der Waals surface area contributed by atoms with Crippen LogP contribution in [-0.4, -0.2) is 51.6 Å². The normalized spacial score (nSPS) is 9.70. The van der Waals surface area contributed by atoms with E-state index >= 15 is 0 Å². The smallest absolute Gasteiger partial charge is 0.344 e. The van der Waals surface area contributed by atoms with Crippen molar-refractivity contribution in [2.24, 2.45) is 0 Å². The van der Waals surface area contributed by atoms with E-state index in [2.05, 4.69) is 27.0 Å². The molecular weight excluding hydrogens is 302 g/mol. The third-order valence-corrected chi connectivity index (χ3v) is 2.67. The van der Waals surface area contributed by atoms with Crippen LogP contribution in [0.15, 0.2) is 30.9 Å². The number of aliphatic hydroxyl groups is 1. The summed E-state index contributed by atoms with van der Waals surface area (Å²) in [6.07, 6.45) is 6.36. The number of hydrogen-bond donors (Lipinski definition) is 1. The van der Waals surface area contributed by atoms with Gasteiger partial charge in [-0.1, -0.05) is 6.92 Å². The van der Waals surface area contributed by atoms with Crippen LogP contribution >= 0.6 is 0 Å². The lowest BCUT2D eigenvalue weighted by Gasteiger charge is -2.06. The second-order valence-corrected chi connectivity index (χ2v) is 4.35. The molecule has 0 bridgehead atoms. The number of aryl methyl sites for hydroxylation is 1. The zero-order valence-corrected chi connectivity index (χ0v) is 13.3. The lowest BCUT2D eigenvalue weighted by atomic mass is 10.4. The fraction of sp³-hybridized carbons (Fsp3) is 0.500. The van der Waals surface area contributed by atoms with Gasteiger partial charge in [-0.2, -0.15) is 0 Å². The highest BCUT2D eigenvalue weighted by Gasteiger charge is 2.06. The highest BCUT2D eigenvalue weighted by Crippen LogP contribution is 2.06. The van der Waals surface area contributed by atoms with Gasteiger partial charge in [0.1, 0.15) is 25.2 Å². The summed E-state index contributed by atoms with van der Waals surface area (Å²) < 4.78 is 13.9. The Labute approximate surface area is 134 Å². The molecule has 2 aromatic rings. The molecule has 0 aromatic carbocycles. The number of hydrogen-bond acceptors (Lipinski definition) is 7. The van der Waals surface area contributed by atoms with Gasteiger partial charge in [0, 0.05) is 25.7 Å². The van der Waals surface area contributed by atoms with E-state index in [0.717, 1.165) is 20.1 Å². The molecule has 0 spiro atoms. The first-order valence-electron chi connectivity index (χ1n) is 7.21. The zero-order chi connectivity index (χ0) is 16.9. The van der Waals surface area contributed by atoms with Crippen LogP contribution in [0.4, 0.5) is 0 Å². The van der Waals surface area contributed by atoms with E-state index in [1.165, 1.54) is 11.0 Å². The Kier molecular flexibility index (Phi) is 8.91. The van der Waals surface area contributed by atoms with Crippen molar-refractivity contribution in [1.29, 1.82) is 0 Å². The summed E-state index contributed by atoms with van der Waals surface area (Å²) in [6.45, 7) is 3.58. The summed E-state index contributed by atoms with van der Waals surface area (Å²) in [7, 11) is 1.00. The van der Waals surface area contributed by atoms with Gasteiger partial charge in [0.2, 0.25) is 0 Å². The predicted octanol–water partition coefficient (Wildman–Crippen LogP) is -0.399. The Hall–Kier alpha value is -2.55. The molecule has 2 rings (SSSR count). The van der Waals surface area contributed by atoms with Crippen molar-refractivity contribution in [2.45, 2.75) is 26.4 Å². The quantitative estimate of drug-likeness (QED) is 0.520. The zero-order valence-electron chi connectivity index (χ0n) is 13.3. The van der Waals surface area contributed by atoms with Gasteiger partial charge < -0.3 is 14.6 Å². The van der Waals surface area contributed by atoms with Gasteiger partial charge in [-0.3, -0.25) is 0 Å². The number of rotatable bonds is 8. The van der Waals surface area contributed by atoms with Gasteiger partial charge in [0.05, 0.1) is 6.54 Å². The number of pyridine rings is 1. The molecule has 0 fully saturated rings. The van der Waals surface area contributed by atoms with Crippen LogP contribution in [-0.2, 0) is 22.6 Å². The minimum atomic E-state index is -0.423. The van der Waals surface area contributed by atoms with E-state index in [1.807, 2.05) is 24.5 Å². The maximum atomic E-state index is 11.5. The predicted molar refractivity (Wildman–Crippen MR) is 79.3 cm³/mol. The van der Waals surface area contributed by atoms with Crippen LogP contribution in [0.1, 0.15) is 13.3 Å². The van der Waals surface area contributed by atoms with E-state index in [1.54, 1.807) is 0 Å². The number of ether oxygens (including phenoxy) is 2. The average molecular weight is 324 g/mol. The molecule has 0 saturated heterocycles. The van der Waals surface area contributed by atoms with Crippen molar-refractivity contribution < 1.29 is 23.9 Å². The number of aromatic nitrogens is 5. The van der Waals surface area contributed by atoms with Crippen molar-refractivity contribution in [3.63, 3.8) is 0 Å². The van der Waals surface area contributed by atoms with Crippen LogP contribution in [0, 0.1) is 0 Å². The van der Waals surface area contributed by atoms with Crippen molar-refractivity contribution in [1.82, 2.24) is 20.2 Å². The molecule has 2 aromatic heterocycles. The summed E-state index contributed by atoms with van der Waals surface area (Å²) in [5.41, 5.74) is 0. The number of esters is 1. The van der Waals surface area contributed by atoms with E-state index in [-0.39, 0.29) is 13.2 Å². The second kappa shape index (κ2) is 11.1. The van der Waals surface area contributed by atoms with Gasteiger partial charge in [0.15, 0.2) is 19.0 Å². The Bertz CT molecular complexity index is 545. The lowest BCUT2D eigenvalue weighted by Crippen LogP contribution is -2.32. The topological polar surface area (TPSA) is 103 Å². The number of aliphatic hydroxyl groups excluding tert-OH is 1. The number of carbonyl (C=O) groups is 1. The van der Waals surface area contributed by atoms with Gasteiger partial charge in [-0.05, 0) is 10.4 Å². The van der Waals surface area contributed by atoms with Crippen LogP contribution in [0.25, 0.3) is 0 Å². The third kappa shape index (κ3) is 7.32. The minimum Gasteiger partial charge on any atom is -0.481 e. The summed E-state index contributed by atoms with van der Waals surface area (Å²) in [5.74, 6) is 0.216. The highest BCUT2D eigenvalue weighted by atomic mass is 16.6. The first-order chi connectivity index (χ1) is 11.3. The molecule has 0 unspecified atom stereocenters. The second-order valence-electron chi connectivity index (χ2n) is 4.35. The lowest BCUT2D eigenvalue weighted by molar-refractivity contribution is -0.697. The van der Waals surface area contributed by atoms with Gasteiger partial charge in [0.25, 0.3) is 0 Å². The Morgan fingerprint density at radius 1 is 1.35 bits per heavy atom. The fourth-order valence-corrected chi connectivity index (χ4v) is 1.67. The molecule has 9 heteroatoms. The van der Waals surface area contributed by atoms with Crippen LogP contribution in [0.5, 0.6) is 5.75 Å². The van der Waals surface area contributed by atoms with Crippen molar-refractivity contribution in [3.05, 3.63) is 30.9 Å². The number of carbonyl (C=O) groups excluding carboxylic acids is 1. The van der Waals surface area contributed by atoms with Crippen molar-refractivity contribution >= 4 is 5.97 Å². The largest absolute Gasteiger partial charge is 0.481 e. The molecule has 0 atom stereocenters. The van der Waals surface area contributed by atoms with Gasteiger partial charge >= 0.3 is 5.97 Å². The molecule has 0 radical (unpaired) electrons. The van der Waals surface area contributed by atoms with Crippen LogP contribution < -0.4 is 9.30 Å². The van der Waals surface area contributed by atoms with E-state index in [4.69, 9.17) is 14.6 Å². The monoisotopic (exact) mass is 324 g/mol. The standard InChI is InChI=1S/C13H18N5O3.CH4O/c1-2-5-17-6-3-12(4-7-17)21-10-13(19)20-9-8-18-11-14-15-16-18;1-2/h3-4,6-7,11H,2,5,8-10H2,1H3;2H,1H3/q+1;. The van der Waals surface area contributed by atoms with E-state index in [0.29, 0.717) is 12.3 Å². The summed E-state index contributed by atoms with van der Waals surface area (Å²) in [6, 6.07) is 3.65. The molecular formula is C14H22N5O4+. The third-order valence-electron chi connectivity index (χ3n) is 2.67. The maximum Gasteiger partial charge on any atom is 0.344 e. The highest BCUT2D eigenvalue weighted by molar-refractivity contribution is 5.71. The van der Waals surface area contributed by atoms with E-state index in [9.17, 15) is 4.79 Å². The SMILES string of the molecule is CCC[n+]1ccc(OCC(=O)OCCn2cnnn2)cc1.CO. The Morgan fingerprint density at radius 3 is 2.70 bits per heavy atom. The molecule has 0 aliphatic heterocycles. The molecule has 0 aliphatic carbocycles. The molecule has 23 heavy (non-hydrogen) atoms. The minimum absolute atomic E-state index is 0.118. The fourth-order valence-electron chi connectivity index (χ4n) is 1.67. The van der Waals surface area contributed by atoms with Crippen molar-refractivity contribution in [2.75, 3.05) is 20.3 Å². The van der Waals surface area contributed by atoms with Crippen molar-refractivity contribution in [3.8, 4) is 5.75 Å². The number of tetrazole rings is 1. The molecule has 2 heterocycles. The van der Waals surface area contributed by atoms with E-state index < -0.39 is 5.97 Å². The van der Waals surface area contributed by atoms with Crippen LogP contribution in [0.2, 0.25) is 0 Å². The van der Waals surface area contributed by atoms with Crippen LogP contribution in [0.3, 0.4) is 0 Å². The Balaban J connectivity index is 0.00000127. The first-order valence-corrected chi connectivity index (χ1v) is 7.21. The molecule has 9 nitrogen and oxygen atoms in total. The molecule has 0 saturated carbocycles. The summed E-state index contributed by atoms with van der Waals surface area (Å²) in [5, 5.41) is 17.6. The average Bonchev–Trinajstić information content (AvgIpc) is 3.10. The van der Waals surface area contributed by atoms with Gasteiger partial charge in [-0.15, -0.1) is 5.10 Å². The Morgan fingerprint density at radius 2 is 2.09 bits per heavy atom. The molecule has 0 aliphatic rings. The summed E-state index contributed by atoms with van der Waals surface area (Å²) >= 11 is 0. The molecule has 1 N–H and O–H groups in total. The molecule has 0 amide bonds. The number of nitrogens with zero attached hydrogens (tertiary/aromatic N) is 5. The maximum absolute atomic E-state index is 11.5. The summed E-state index contributed by atoms with van der Waals surface area (Å²) in [4.78, 5) is 11.5. The van der Waals surface area contributed by atoms with Gasteiger partial charge in [-0.25, -0.2) is 14.0 Å². The molecule has 126 valence electrons. The first kappa shape index (κ1) is 18.5.